The van der Waals surface area contributed by atoms with Crippen LogP contribution in [0.4, 0.5) is 0 Å². The summed E-state index contributed by atoms with van der Waals surface area (Å²) in [5.41, 5.74) is 1.88. The molecule has 2 aromatic rings. The van der Waals surface area contributed by atoms with E-state index in [1.165, 1.54) is 0 Å². The van der Waals surface area contributed by atoms with Gasteiger partial charge in [0.05, 0.1) is 24.2 Å². The van der Waals surface area contributed by atoms with Gasteiger partial charge in [0, 0.05) is 29.7 Å². The molecule has 1 aromatic heterocycles. The molecule has 0 radical (unpaired) electrons. The lowest BCUT2D eigenvalue weighted by atomic mass is 9.80. The molecule has 25 heavy (non-hydrogen) atoms. The van der Waals surface area contributed by atoms with Crippen LogP contribution in [0.1, 0.15) is 29.9 Å². The van der Waals surface area contributed by atoms with Gasteiger partial charge in [-0.2, -0.15) is 0 Å². The molecule has 0 aliphatic carbocycles. The van der Waals surface area contributed by atoms with Crippen LogP contribution in [0.2, 0.25) is 0 Å². The minimum Gasteiger partial charge on any atom is -0.358 e. The number of hydrogen-bond donors (Lipinski definition) is 1. The van der Waals surface area contributed by atoms with Gasteiger partial charge in [0.1, 0.15) is 0 Å². The molecule has 2 saturated heterocycles. The number of carbonyl (C=O) groups excluding carboxylic acids is 2. The number of nitrogens with one attached hydrogen (secondary N) is 1. The second-order valence-electron chi connectivity index (χ2n) is 7.64. The summed E-state index contributed by atoms with van der Waals surface area (Å²) in [6, 6.07) is 7.54. The Morgan fingerprint density at radius 3 is 2.44 bits per heavy atom. The van der Waals surface area contributed by atoms with Gasteiger partial charge in [-0.3, -0.25) is 9.59 Å². The first-order valence-corrected chi connectivity index (χ1v) is 8.49. The van der Waals surface area contributed by atoms with Crippen LogP contribution >= 0.6 is 0 Å². The fourth-order valence-electron chi connectivity index (χ4n) is 3.65. The number of aromatic amines is 1. The number of para-hydroxylation sites is 1. The molecule has 1 aromatic carbocycles. The van der Waals surface area contributed by atoms with E-state index >= 15 is 0 Å². The highest BCUT2D eigenvalue weighted by molar-refractivity contribution is 6.45. The van der Waals surface area contributed by atoms with Crippen LogP contribution < -0.4 is 0 Å². The topological polar surface area (TPSA) is 71.6 Å². The number of carbonyl (C=O) groups is 2. The van der Waals surface area contributed by atoms with Crippen molar-refractivity contribution in [2.45, 2.75) is 26.6 Å². The van der Waals surface area contributed by atoms with Crippen LogP contribution in [-0.2, 0) is 14.3 Å². The molecule has 1 spiro atoms. The standard InChI is InChI=1S/C19H22N2O4/c1-12-15(13-6-4-5-7-14(13)20-12)16(22)17(23)21-8-19(9-21)10-24-18(2,3)25-11-19/h4-7,20H,8-11H2,1-3H3. The van der Waals surface area contributed by atoms with Crippen molar-refractivity contribution in [3.05, 3.63) is 35.5 Å². The molecule has 1 N–H and O–H groups in total. The number of aromatic nitrogens is 1. The van der Waals surface area contributed by atoms with Crippen molar-refractivity contribution in [3.8, 4) is 0 Å². The van der Waals surface area contributed by atoms with Crippen LogP contribution in [0.25, 0.3) is 10.9 Å². The van der Waals surface area contributed by atoms with E-state index < -0.39 is 17.5 Å². The van der Waals surface area contributed by atoms with Crippen LogP contribution in [0, 0.1) is 12.3 Å². The Bertz CT molecular complexity index is 849. The molecule has 0 unspecified atom stereocenters. The molecule has 3 heterocycles. The van der Waals surface area contributed by atoms with Gasteiger partial charge in [-0.25, -0.2) is 0 Å². The van der Waals surface area contributed by atoms with Crippen molar-refractivity contribution >= 4 is 22.6 Å². The second kappa shape index (κ2) is 5.41. The van der Waals surface area contributed by atoms with E-state index in [0.29, 0.717) is 31.9 Å². The Hall–Kier alpha value is -2.18. The molecule has 132 valence electrons. The minimum atomic E-state index is -0.577. The number of H-pyrrole nitrogens is 1. The molecule has 6 nitrogen and oxygen atoms in total. The van der Waals surface area contributed by atoms with E-state index in [2.05, 4.69) is 4.98 Å². The molecule has 0 atom stereocenters. The van der Waals surface area contributed by atoms with Crippen molar-refractivity contribution in [3.63, 3.8) is 0 Å². The van der Waals surface area contributed by atoms with Gasteiger partial charge in [-0.05, 0) is 26.8 Å². The van der Waals surface area contributed by atoms with Crippen LogP contribution in [0.3, 0.4) is 0 Å². The molecule has 0 bridgehead atoms. The van der Waals surface area contributed by atoms with Gasteiger partial charge in [0.2, 0.25) is 0 Å². The molecule has 6 heteroatoms. The van der Waals surface area contributed by atoms with Crippen LogP contribution in [0.15, 0.2) is 24.3 Å². The quantitative estimate of drug-likeness (QED) is 0.671. The summed E-state index contributed by atoms with van der Waals surface area (Å²) in [6.07, 6.45) is 0. The smallest absolute Gasteiger partial charge is 0.295 e. The number of fused-ring (bicyclic) bond motifs is 1. The summed E-state index contributed by atoms with van der Waals surface area (Å²) in [7, 11) is 0. The second-order valence-corrected chi connectivity index (χ2v) is 7.64. The van der Waals surface area contributed by atoms with E-state index in [1.54, 1.807) is 4.90 Å². The van der Waals surface area contributed by atoms with Gasteiger partial charge in [0.25, 0.3) is 11.7 Å². The average Bonchev–Trinajstić information content (AvgIpc) is 2.87. The fourth-order valence-corrected chi connectivity index (χ4v) is 3.65. The lowest BCUT2D eigenvalue weighted by molar-refractivity contribution is -0.302. The lowest BCUT2D eigenvalue weighted by Crippen LogP contribution is -2.66. The summed E-state index contributed by atoms with van der Waals surface area (Å²) < 4.78 is 11.4. The zero-order valence-electron chi connectivity index (χ0n) is 14.7. The predicted molar refractivity (Wildman–Crippen MR) is 92.4 cm³/mol. The average molecular weight is 342 g/mol. The minimum absolute atomic E-state index is 0.180. The van der Waals surface area contributed by atoms with Crippen LogP contribution in [0.5, 0.6) is 0 Å². The molecule has 2 aliphatic heterocycles. The Labute approximate surface area is 146 Å². The van der Waals surface area contributed by atoms with Gasteiger partial charge >= 0.3 is 0 Å². The number of rotatable bonds is 2. The predicted octanol–water partition coefficient (Wildman–Crippen LogP) is 2.27. The highest BCUT2D eigenvalue weighted by atomic mass is 16.7. The third-order valence-corrected chi connectivity index (χ3v) is 5.11. The zero-order valence-corrected chi connectivity index (χ0v) is 14.7. The maximum atomic E-state index is 12.8. The van der Waals surface area contributed by atoms with Gasteiger partial charge < -0.3 is 19.4 Å². The van der Waals surface area contributed by atoms with E-state index in [1.807, 2.05) is 45.0 Å². The van der Waals surface area contributed by atoms with E-state index in [0.717, 1.165) is 16.6 Å². The first-order valence-electron chi connectivity index (χ1n) is 8.49. The third-order valence-electron chi connectivity index (χ3n) is 5.11. The maximum absolute atomic E-state index is 12.8. The molecule has 4 rings (SSSR count). The Kier molecular flexibility index (Phi) is 3.53. The number of benzene rings is 1. The first kappa shape index (κ1) is 16.3. The summed E-state index contributed by atoms with van der Waals surface area (Å²) in [6.45, 7) is 7.66. The number of ether oxygens (including phenoxy) is 2. The summed E-state index contributed by atoms with van der Waals surface area (Å²) in [5.74, 6) is -1.49. The number of likely N-dealkylation sites (tertiary alicyclic amines) is 1. The molecule has 2 aliphatic rings. The number of hydrogen-bond acceptors (Lipinski definition) is 4. The first-order chi connectivity index (χ1) is 11.8. The molecular weight excluding hydrogens is 320 g/mol. The number of nitrogens with zero attached hydrogens (tertiary/aromatic N) is 1. The van der Waals surface area contributed by atoms with E-state index in [4.69, 9.17) is 9.47 Å². The molecule has 0 saturated carbocycles. The Morgan fingerprint density at radius 1 is 1.12 bits per heavy atom. The summed E-state index contributed by atoms with van der Waals surface area (Å²) in [4.78, 5) is 30.2. The monoisotopic (exact) mass is 342 g/mol. The molecular formula is C19H22N2O4. The molecule has 1 amide bonds. The summed E-state index contributed by atoms with van der Waals surface area (Å²) in [5, 5.41) is 0.791. The normalized spacial score (nSPS) is 21.3. The fraction of sp³-hybridized carbons (Fsp3) is 0.474. The lowest BCUT2D eigenvalue weighted by Gasteiger charge is -2.53. The largest absolute Gasteiger partial charge is 0.358 e. The van der Waals surface area contributed by atoms with Crippen LogP contribution in [-0.4, -0.2) is 53.7 Å². The SMILES string of the molecule is Cc1[nH]c2ccccc2c1C(=O)C(=O)N1CC2(COC(C)(C)OC2)C1. The Morgan fingerprint density at radius 2 is 1.76 bits per heavy atom. The maximum Gasteiger partial charge on any atom is 0.295 e. The van der Waals surface area contributed by atoms with Crippen molar-refractivity contribution < 1.29 is 19.1 Å². The van der Waals surface area contributed by atoms with Gasteiger partial charge in [0.15, 0.2) is 5.79 Å². The number of amides is 1. The summed E-state index contributed by atoms with van der Waals surface area (Å²) >= 11 is 0. The van der Waals surface area contributed by atoms with E-state index in [-0.39, 0.29) is 5.41 Å². The highest BCUT2D eigenvalue weighted by Gasteiger charge is 2.51. The van der Waals surface area contributed by atoms with Crippen molar-refractivity contribution in [2.75, 3.05) is 26.3 Å². The van der Waals surface area contributed by atoms with E-state index in [9.17, 15) is 9.59 Å². The number of Topliss-reactive ketones (excluding diaryl/α,β-unsaturated/α-hetero) is 1. The van der Waals surface area contributed by atoms with Crippen molar-refractivity contribution in [2.24, 2.45) is 5.41 Å². The third kappa shape index (κ3) is 2.65. The molecule has 2 fully saturated rings. The van der Waals surface area contributed by atoms with Crippen molar-refractivity contribution in [1.29, 1.82) is 0 Å². The zero-order chi connectivity index (χ0) is 17.8. The Balaban J connectivity index is 1.49. The van der Waals surface area contributed by atoms with Crippen molar-refractivity contribution in [1.82, 2.24) is 9.88 Å². The highest BCUT2D eigenvalue weighted by Crippen LogP contribution is 2.38. The number of aryl methyl sites for hydroxylation is 1. The van der Waals surface area contributed by atoms with Gasteiger partial charge in [-0.15, -0.1) is 0 Å². The van der Waals surface area contributed by atoms with Gasteiger partial charge in [-0.1, -0.05) is 18.2 Å². The number of ketones is 1.